The van der Waals surface area contributed by atoms with Crippen molar-refractivity contribution in [1.82, 2.24) is 9.96 Å². The average Bonchev–Trinajstić information content (AvgIpc) is 3.20. The molecule has 5 rings (SSSR count). The third kappa shape index (κ3) is 5.28. The maximum Gasteiger partial charge on any atom is 0.430 e. The molecule has 2 aliphatic heterocycles. The fourth-order valence-electron chi connectivity index (χ4n) is 4.78. The van der Waals surface area contributed by atoms with Crippen LogP contribution in [0.15, 0.2) is 78.9 Å². The molecule has 0 radical (unpaired) electrons. The molecule has 186 valence electrons. The van der Waals surface area contributed by atoms with Gasteiger partial charge in [-0.05, 0) is 28.8 Å². The third-order valence-corrected chi connectivity index (χ3v) is 6.67. The Kier molecular flexibility index (Phi) is 6.77. The first-order valence-corrected chi connectivity index (χ1v) is 12.0. The zero-order chi connectivity index (χ0) is 25.0. The molecule has 2 saturated heterocycles. The molecule has 2 fully saturated rings. The van der Waals surface area contributed by atoms with Gasteiger partial charge in [0.15, 0.2) is 0 Å². The predicted molar refractivity (Wildman–Crippen MR) is 135 cm³/mol. The SMILES string of the molecule is COc1cccc(NC(=O)ON2CCC3(CC2)CN(Cc2ccccc2-c2ccccc2)C(=O)O3)c1. The minimum absolute atomic E-state index is 0.303. The van der Waals surface area contributed by atoms with Crippen molar-refractivity contribution in [2.24, 2.45) is 0 Å². The maximum absolute atomic E-state index is 12.8. The normalized spacial score (nSPS) is 17.0. The van der Waals surface area contributed by atoms with Gasteiger partial charge in [-0.25, -0.2) is 9.59 Å². The van der Waals surface area contributed by atoms with E-state index in [1.807, 2.05) is 30.3 Å². The molecule has 0 bridgehead atoms. The van der Waals surface area contributed by atoms with Crippen LogP contribution in [0.25, 0.3) is 11.1 Å². The van der Waals surface area contributed by atoms with E-state index in [1.165, 1.54) is 0 Å². The number of amides is 2. The largest absolute Gasteiger partial charge is 0.497 e. The molecule has 0 unspecified atom stereocenters. The molecule has 3 aromatic rings. The Morgan fingerprint density at radius 3 is 2.53 bits per heavy atom. The summed E-state index contributed by atoms with van der Waals surface area (Å²) in [6, 6.07) is 25.4. The molecule has 8 heteroatoms. The van der Waals surface area contributed by atoms with Gasteiger partial charge in [-0.1, -0.05) is 60.7 Å². The molecular formula is C28H29N3O5. The lowest BCUT2D eigenvalue weighted by atomic mass is 9.92. The number of nitrogens with zero attached hydrogens (tertiary/aromatic N) is 2. The molecular weight excluding hydrogens is 458 g/mol. The minimum Gasteiger partial charge on any atom is -0.497 e. The molecule has 2 amide bonds. The standard InChI is InChI=1S/C28H29N3O5/c1-34-24-12-7-11-23(18-24)29-26(32)36-31-16-14-28(15-17-31)20-30(27(33)35-28)19-22-10-5-6-13-25(22)21-8-3-2-4-9-21/h2-13,18H,14-17,19-20H2,1H3,(H,29,32). The zero-order valence-corrected chi connectivity index (χ0v) is 20.2. The monoisotopic (exact) mass is 487 g/mol. The number of anilines is 1. The van der Waals surface area contributed by atoms with E-state index in [9.17, 15) is 9.59 Å². The number of ether oxygens (including phenoxy) is 2. The Labute approximate surface area is 210 Å². The van der Waals surface area contributed by atoms with Gasteiger partial charge in [0.2, 0.25) is 0 Å². The van der Waals surface area contributed by atoms with E-state index in [0.717, 1.165) is 16.7 Å². The lowest BCUT2D eigenvalue weighted by Gasteiger charge is -2.36. The molecule has 8 nitrogen and oxygen atoms in total. The number of nitrogens with one attached hydrogen (secondary N) is 1. The smallest absolute Gasteiger partial charge is 0.430 e. The Morgan fingerprint density at radius 1 is 1.00 bits per heavy atom. The Bertz CT molecular complexity index is 1220. The molecule has 3 aromatic carbocycles. The zero-order valence-electron chi connectivity index (χ0n) is 20.2. The van der Waals surface area contributed by atoms with Crippen molar-refractivity contribution in [3.63, 3.8) is 0 Å². The van der Waals surface area contributed by atoms with Crippen LogP contribution in [0.4, 0.5) is 15.3 Å². The summed E-state index contributed by atoms with van der Waals surface area (Å²) in [7, 11) is 1.57. The Balaban J connectivity index is 1.17. The van der Waals surface area contributed by atoms with Gasteiger partial charge in [0, 0.05) is 44.2 Å². The van der Waals surface area contributed by atoms with E-state index in [-0.39, 0.29) is 6.09 Å². The highest BCUT2D eigenvalue weighted by molar-refractivity contribution is 5.84. The minimum atomic E-state index is -0.568. The van der Waals surface area contributed by atoms with Crippen LogP contribution in [0.2, 0.25) is 0 Å². The summed E-state index contributed by atoms with van der Waals surface area (Å²) in [5.74, 6) is 0.645. The van der Waals surface area contributed by atoms with E-state index in [0.29, 0.717) is 50.5 Å². The fourth-order valence-corrected chi connectivity index (χ4v) is 4.78. The summed E-state index contributed by atoms with van der Waals surface area (Å²) in [5.41, 5.74) is 3.32. The molecule has 1 N–H and O–H groups in total. The van der Waals surface area contributed by atoms with Crippen LogP contribution in [0, 0.1) is 0 Å². The van der Waals surface area contributed by atoms with Crippen LogP contribution in [0.3, 0.4) is 0 Å². The Hall–Kier alpha value is -4.04. The maximum atomic E-state index is 12.8. The average molecular weight is 488 g/mol. The molecule has 0 saturated carbocycles. The number of methoxy groups -OCH3 is 1. The van der Waals surface area contributed by atoms with E-state index in [4.69, 9.17) is 14.3 Å². The number of carbonyl (C=O) groups excluding carboxylic acids is 2. The predicted octanol–water partition coefficient (Wildman–Crippen LogP) is 5.31. The highest BCUT2D eigenvalue weighted by Crippen LogP contribution is 2.35. The van der Waals surface area contributed by atoms with Crippen LogP contribution in [0.1, 0.15) is 18.4 Å². The van der Waals surface area contributed by atoms with E-state index < -0.39 is 11.7 Å². The van der Waals surface area contributed by atoms with E-state index >= 15 is 0 Å². The summed E-state index contributed by atoms with van der Waals surface area (Å²) in [4.78, 5) is 32.4. The first kappa shape index (κ1) is 23.7. The first-order valence-electron chi connectivity index (χ1n) is 12.0. The van der Waals surface area contributed by atoms with Gasteiger partial charge in [0.05, 0.1) is 13.7 Å². The molecule has 0 aromatic heterocycles. The van der Waals surface area contributed by atoms with Crippen molar-refractivity contribution in [2.45, 2.75) is 25.0 Å². The second-order valence-electron chi connectivity index (χ2n) is 9.09. The highest BCUT2D eigenvalue weighted by Gasteiger charge is 2.47. The van der Waals surface area contributed by atoms with Gasteiger partial charge in [-0.2, -0.15) is 0 Å². The molecule has 2 heterocycles. The number of rotatable bonds is 6. The summed E-state index contributed by atoms with van der Waals surface area (Å²) >= 11 is 0. The van der Waals surface area contributed by atoms with Crippen LogP contribution >= 0.6 is 0 Å². The summed E-state index contributed by atoms with van der Waals surface area (Å²) in [5, 5.41) is 4.32. The lowest BCUT2D eigenvalue weighted by Crippen LogP contribution is -2.47. The molecule has 0 aliphatic carbocycles. The van der Waals surface area contributed by atoms with Gasteiger partial charge in [0.25, 0.3) is 0 Å². The number of hydrogen-bond acceptors (Lipinski definition) is 6. The fraction of sp³-hybridized carbons (Fsp3) is 0.286. The number of hydrogen-bond donors (Lipinski definition) is 1. The van der Waals surface area contributed by atoms with E-state index in [2.05, 4.69) is 29.6 Å². The van der Waals surface area contributed by atoms with Crippen molar-refractivity contribution in [3.05, 3.63) is 84.4 Å². The third-order valence-electron chi connectivity index (χ3n) is 6.67. The van der Waals surface area contributed by atoms with Crippen molar-refractivity contribution >= 4 is 17.9 Å². The number of carbonyl (C=O) groups is 2. The molecule has 1 spiro atoms. The summed E-state index contributed by atoms with van der Waals surface area (Å²) in [6.45, 7) is 1.95. The second-order valence-corrected chi connectivity index (χ2v) is 9.09. The lowest BCUT2D eigenvalue weighted by molar-refractivity contribution is -0.138. The van der Waals surface area contributed by atoms with Crippen LogP contribution in [0.5, 0.6) is 5.75 Å². The molecule has 0 atom stereocenters. The Morgan fingerprint density at radius 2 is 1.75 bits per heavy atom. The topological polar surface area (TPSA) is 80.3 Å². The van der Waals surface area contributed by atoms with Crippen molar-refractivity contribution in [3.8, 4) is 16.9 Å². The summed E-state index contributed by atoms with van der Waals surface area (Å²) in [6.07, 6.45) is 0.300. The van der Waals surface area contributed by atoms with Crippen molar-refractivity contribution in [1.29, 1.82) is 0 Å². The highest BCUT2D eigenvalue weighted by atomic mass is 16.7. The first-order chi connectivity index (χ1) is 17.5. The number of hydroxylamine groups is 2. The van der Waals surface area contributed by atoms with Crippen LogP contribution < -0.4 is 10.1 Å². The van der Waals surface area contributed by atoms with Crippen molar-refractivity contribution < 1.29 is 23.9 Å². The summed E-state index contributed by atoms with van der Waals surface area (Å²) < 4.78 is 11.1. The van der Waals surface area contributed by atoms with Crippen LogP contribution in [-0.4, -0.2) is 54.5 Å². The molecule has 36 heavy (non-hydrogen) atoms. The van der Waals surface area contributed by atoms with Crippen molar-refractivity contribution in [2.75, 3.05) is 32.1 Å². The van der Waals surface area contributed by atoms with Gasteiger partial charge in [-0.3, -0.25) is 10.2 Å². The van der Waals surface area contributed by atoms with Crippen LogP contribution in [-0.2, 0) is 16.1 Å². The number of piperidine rings is 1. The second kappa shape index (κ2) is 10.3. The van der Waals surface area contributed by atoms with Gasteiger partial charge < -0.3 is 14.3 Å². The number of benzene rings is 3. The van der Waals surface area contributed by atoms with Gasteiger partial charge >= 0.3 is 12.2 Å². The van der Waals surface area contributed by atoms with E-state index in [1.54, 1.807) is 41.3 Å². The van der Waals surface area contributed by atoms with Gasteiger partial charge in [-0.15, -0.1) is 5.06 Å². The molecule has 2 aliphatic rings. The van der Waals surface area contributed by atoms with Gasteiger partial charge in [0.1, 0.15) is 11.4 Å². The quantitative estimate of drug-likeness (QED) is 0.507.